The summed E-state index contributed by atoms with van der Waals surface area (Å²) in [5.41, 5.74) is 4.23. The minimum Gasteiger partial charge on any atom is -0.444 e. The average Bonchev–Trinajstić information content (AvgIpc) is 3.01. The lowest BCUT2D eigenvalue weighted by Gasteiger charge is -2.39. The van der Waals surface area contributed by atoms with Crippen molar-refractivity contribution in [1.82, 2.24) is 5.32 Å². The minimum atomic E-state index is -0.302. The lowest BCUT2D eigenvalue weighted by atomic mass is 9.81. The number of cyclic esters (lactones) is 1. The van der Waals surface area contributed by atoms with E-state index in [-0.39, 0.29) is 17.7 Å². The van der Waals surface area contributed by atoms with Crippen molar-refractivity contribution < 1.29 is 14.3 Å². The van der Waals surface area contributed by atoms with Crippen molar-refractivity contribution in [2.45, 2.75) is 44.4 Å². The van der Waals surface area contributed by atoms with Crippen LogP contribution in [0.5, 0.6) is 0 Å². The smallest absolute Gasteiger partial charge is 0.414 e. The van der Waals surface area contributed by atoms with Gasteiger partial charge in [-0.2, -0.15) is 0 Å². The maximum atomic E-state index is 11.8. The van der Waals surface area contributed by atoms with Crippen LogP contribution >= 0.6 is 22.9 Å². The van der Waals surface area contributed by atoms with E-state index < -0.39 is 0 Å². The Balaban J connectivity index is 1.51. The monoisotopic (exact) mass is 432 g/mol. The highest BCUT2D eigenvalue weighted by molar-refractivity contribution is 7.16. The van der Waals surface area contributed by atoms with Gasteiger partial charge in [-0.3, -0.25) is 4.90 Å². The first-order valence-corrected chi connectivity index (χ1v) is 11.3. The summed E-state index contributed by atoms with van der Waals surface area (Å²) in [6.07, 6.45) is 2.49. The van der Waals surface area contributed by atoms with Crippen LogP contribution in [0.2, 0.25) is 4.34 Å². The van der Waals surface area contributed by atoms with E-state index in [1.54, 1.807) is 23.3 Å². The molecule has 1 spiro atoms. The van der Waals surface area contributed by atoms with Crippen molar-refractivity contribution in [3.63, 3.8) is 0 Å². The first kappa shape index (κ1) is 19.4. The fourth-order valence-corrected chi connectivity index (χ4v) is 6.45. The van der Waals surface area contributed by atoms with Gasteiger partial charge in [-0.1, -0.05) is 24.6 Å². The maximum Gasteiger partial charge on any atom is 0.414 e. The molecule has 2 aromatic rings. The van der Waals surface area contributed by atoms with Crippen LogP contribution in [0, 0.1) is 5.92 Å². The van der Waals surface area contributed by atoms with Crippen LogP contribution in [-0.4, -0.2) is 26.3 Å². The molecule has 0 saturated carbocycles. The number of halogens is 1. The van der Waals surface area contributed by atoms with Crippen LogP contribution in [0.3, 0.4) is 0 Å². The van der Waals surface area contributed by atoms with Crippen molar-refractivity contribution in [3.05, 3.63) is 50.2 Å². The van der Waals surface area contributed by atoms with Crippen molar-refractivity contribution >= 4 is 34.7 Å². The topological polar surface area (TPSA) is 50.8 Å². The predicted octanol–water partition coefficient (Wildman–Crippen LogP) is 5.02. The first-order chi connectivity index (χ1) is 13.9. The molecule has 0 bridgehead atoms. The fourth-order valence-electron chi connectivity index (χ4n) is 4.99. The Bertz CT molecular complexity index is 962. The number of amides is 1. The van der Waals surface area contributed by atoms with Crippen molar-refractivity contribution in [3.8, 4) is 0 Å². The van der Waals surface area contributed by atoms with E-state index in [0.717, 1.165) is 48.0 Å². The Kier molecular flexibility index (Phi) is 4.86. The van der Waals surface area contributed by atoms with Gasteiger partial charge in [-0.05, 0) is 54.6 Å². The number of nitrogens with zero attached hydrogens (tertiary/aromatic N) is 1. The van der Waals surface area contributed by atoms with Crippen molar-refractivity contribution in [1.29, 1.82) is 0 Å². The van der Waals surface area contributed by atoms with E-state index in [0.29, 0.717) is 12.5 Å². The molecule has 154 valence electrons. The van der Waals surface area contributed by atoms with Crippen LogP contribution in [0.4, 0.5) is 10.5 Å². The number of fused-ring (bicyclic) bond motifs is 3. The Morgan fingerprint density at radius 1 is 1.28 bits per heavy atom. The number of hydrogen-bond donors (Lipinski definition) is 1. The molecule has 5 nitrogen and oxygen atoms in total. The van der Waals surface area contributed by atoms with Gasteiger partial charge in [0.1, 0.15) is 12.2 Å². The Hall–Kier alpha value is -1.60. The largest absolute Gasteiger partial charge is 0.444 e. The van der Waals surface area contributed by atoms with Gasteiger partial charge in [0.25, 0.3) is 0 Å². The zero-order valence-corrected chi connectivity index (χ0v) is 18.2. The highest BCUT2D eigenvalue weighted by Gasteiger charge is 2.44. The number of anilines is 1. The number of carbonyl (C=O) groups is 1. The summed E-state index contributed by atoms with van der Waals surface area (Å²) < 4.78 is 12.7. The number of benzene rings is 1. The highest BCUT2D eigenvalue weighted by atomic mass is 35.5. The molecule has 1 N–H and O–H groups in total. The molecule has 29 heavy (non-hydrogen) atoms. The molecule has 1 aromatic carbocycles. The average molecular weight is 433 g/mol. The van der Waals surface area contributed by atoms with E-state index in [4.69, 9.17) is 21.1 Å². The maximum absolute atomic E-state index is 11.8. The Morgan fingerprint density at radius 2 is 2.14 bits per heavy atom. The van der Waals surface area contributed by atoms with E-state index in [2.05, 4.69) is 30.4 Å². The summed E-state index contributed by atoms with van der Waals surface area (Å²) in [7, 11) is 1.75. The van der Waals surface area contributed by atoms with Crippen molar-refractivity contribution in [2.24, 2.45) is 5.92 Å². The van der Waals surface area contributed by atoms with Crippen LogP contribution in [0.15, 0.2) is 24.3 Å². The Labute approximate surface area is 179 Å². The summed E-state index contributed by atoms with van der Waals surface area (Å²) in [6, 6.07) is 8.61. The summed E-state index contributed by atoms with van der Waals surface area (Å²) in [4.78, 5) is 14.7. The third-order valence-corrected chi connectivity index (χ3v) is 7.85. The summed E-state index contributed by atoms with van der Waals surface area (Å²) in [5, 5.41) is 3.75. The van der Waals surface area contributed by atoms with Crippen LogP contribution in [0.1, 0.15) is 47.4 Å². The molecule has 0 aliphatic carbocycles. The number of hydrogen-bond acceptors (Lipinski definition) is 5. The van der Waals surface area contributed by atoms with E-state index >= 15 is 0 Å². The zero-order chi connectivity index (χ0) is 20.2. The molecule has 1 aromatic heterocycles. The minimum absolute atomic E-state index is 0.167. The highest BCUT2D eigenvalue weighted by Crippen LogP contribution is 2.50. The van der Waals surface area contributed by atoms with Gasteiger partial charge in [0.05, 0.1) is 16.6 Å². The summed E-state index contributed by atoms with van der Waals surface area (Å²) in [5.74, 6) is 0.497. The Morgan fingerprint density at radius 3 is 3.00 bits per heavy atom. The van der Waals surface area contributed by atoms with Gasteiger partial charge in [0.15, 0.2) is 0 Å². The molecule has 1 amide bonds. The van der Waals surface area contributed by atoms with Crippen molar-refractivity contribution in [2.75, 3.05) is 25.1 Å². The van der Waals surface area contributed by atoms with Gasteiger partial charge in [-0.15, -0.1) is 11.3 Å². The van der Waals surface area contributed by atoms with Crippen LogP contribution in [-0.2, 0) is 28.1 Å². The van der Waals surface area contributed by atoms with Gasteiger partial charge < -0.3 is 14.8 Å². The number of thiophene rings is 1. The second-order valence-corrected chi connectivity index (χ2v) is 10.2. The standard InChI is InChI=1S/C22H25ClN2O3S/c1-13-9-22(20-15(5-6-28-22)8-19(23)29-20)10-17(24-11-13)14-3-4-18-16(7-14)12-27-21(26)25(18)2/h3-4,7-8,13,17,24H,5-6,9-12H2,1-2H3/t13-,17-,22-/m0/s1. The van der Waals surface area contributed by atoms with Crippen LogP contribution < -0.4 is 10.2 Å². The van der Waals surface area contributed by atoms with Gasteiger partial charge in [-0.25, -0.2) is 4.79 Å². The third-order valence-electron chi connectivity index (χ3n) is 6.36. The molecule has 3 atom stereocenters. The molecule has 4 heterocycles. The molecule has 0 unspecified atom stereocenters. The number of carbonyl (C=O) groups excluding carboxylic acids is 1. The summed E-state index contributed by atoms with van der Waals surface area (Å²) in [6.45, 7) is 4.29. The second kappa shape index (κ2) is 7.27. The molecule has 7 heteroatoms. The SMILES string of the molecule is C[C@@H]1CN[C@H](c2ccc3c(c2)COC(=O)N3C)C[C@]2(C1)OCCc1cc(Cl)sc12. The third kappa shape index (κ3) is 3.36. The molecule has 3 aliphatic rings. The van der Waals surface area contributed by atoms with E-state index in [1.807, 2.05) is 6.07 Å². The van der Waals surface area contributed by atoms with E-state index in [1.165, 1.54) is 16.0 Å². The number of nitrogens with one attached hydrogen (secondary N) is 1. The number of ether oxygens (including phenoxy) is 2. The lowest BCUT2D eigenvalue weighted by molar-refractivity contribution is -0.0770. The zero-order valence-electron chi connectivity index (χ0n) is 16.7. The first-order valence-electron chi connectivity index (χ1n) is 10.1. The van der Waals surface area contributed by atoms with E-state index in [9.17, 15) is 4.79 Å². The van der Waals surface area contributed by atoms with Gasteiger partial charge in [0, 0.05) is 30.0 Å². The molecular weight excluding hydrogens is 408 g/mol. The van der Waals surface area contributed by atoms with Gasteiger partial charge in [0.2, 0.25) is 0 Å². The fraction of sp³-hybridized carbons (Fsp3) is 0.500. The second-order valence-electron chi connectivity index (χ2n) is 8.47. The predicted molar refractivity (Wildman–Crippen MR) is 115 cm³/mol. The lowest BCUT2D eigenvalue weighted by Crippen LogP contribution is -2.37. The van der Waals surface area contributed by atoms with Crippen LogP contribution in [0.25, 0.3) is 0 Å². The quantitative estimate of drug-likeness (QED) is 0.687. The molecule has 3 aliphatic heterocycles. The molecule has 0 radical (unpaired) electrons. The summed E-state index contributed by atoms with van der Waals surface area (Å²) >= 11 is 8.07. The molecular formula is C22H25ClN2O3S. The molecule has 5 rings (SSSR count). The number of rotatable bonds is 1. The normalized spacial score (nSPS) is 29.2. The molecule has 1 fully saturated rings. The van der Waals surface area contributed by atoms with Gasteiger partial charge >= 0.3 is 6.09 Å². The molecule has 1 saturated heterocycles.